The summed E-state index contributed by atoms with van der Waals surface area (Å²) in [5, 5.41) is 17.2. The van der Waals surface area contributed by atoms with Gasteiger partial charge in [0.15, 0.2) is 0 Å². The van der Waals surface area contributed by atoms with Crippen LogP contribution in [0.15, 0.2) is 97.1 Å². The van der Waals surface area contributed by atoms with Gasteiger partial charge in [0.25, 0.3) is 0 Å². The quantitative estimate of drug-likeness (QED) is 0.213. The predicted molar refractivity (Wildman–Crippen MR) is 138 cm³/mol. The smallest absolute Gasteiger partial charge is 0.508 e. The second-order valence-electron chi connectivity index (χ2n) is 9.80. The van der Waals surface area contributed by atoms with Crippen LogP contribution in [0.3, 0.4) is 0 Å². The van der Waals surface area contributed by atoms with Crippen LogP contribution in [0.2, 0.25) is 0 Å². The van der Waals surface area contributed by atoms with Crippen molar-refractivity contribution in [3.05, 3.63) is 120 Å². The molecule has 4 rings (SSSR count). The van der Waals surface area contributed by atoms with Gasteiger partial charge in [0.1, 0.15) is 23.1 Å². The van der Waals surface area contributed by atoms with Crippen molar-refractivity contribution in [2.24, 2.45) is 0 Å². The van der Waals surface area contributed by atoms with Crippen LogP contribution in [-0.2, 0) is 37.0 Å². The topological polar surface area (TPSA) is 40.5 Å². The maximum atomic E-state index is 12.0. The summed E-state index contributed by atoms with van der Waals surface area (Å²) in [6.07, 6.45) is 0. The van der Waals surface area contributed by atoms with Gasteiger partial charge in [-0.05, 0) is 48.5 Å². The summed E-state index contributed by atoms with van der Waals surface area (Å²) in [6, 6.07) is 27.0. The molecule has 0 aliphatic rings. The number of benzene rings is 2. The monoisotopic (exact) mass is 556 g/mol. The molecule has 0 unspecified atom stereocenters. The maximum absolute atomic E-state index is 12.0. The molecule has 0 amide bonds. The molecule has 0 radical (unpaired) electrons. The van der Waals surface area contributed by atoms with Gasteiger partial charge >= 0.3 is 26.2 Å². The molecule has 186 valence electrons. The summed E-state index contributed by atoms with van der Waals surface area (Å²) in [5.41, 5.74) is 3.48. The van der Waals surface area contributed by atoms with E-state index in [0.717, 1.165) is 0 Å². The largest absolute Gasteiger partial charge is 2.00 e. The van der Waals surface area contributed by atoms with E-state index in [0.29, 0.717) is 10.8 Å². The number of phenols is 2. The van der Waals surface area contributed by atoms with Gasteiger partial charge in [0.05, 0.1) is 0 Å². The first-order valence-corrected chi connectivity index (χ1v) is 11.1. The van der Waals surface area contributed by atoms with Crippen molar-refractivity contribution in [3.63, 3.8) is 0 Å². The minimum Gasteiger partial charge on any atom is -0.508 e. The SMILES string of the molecule is CC(C)(C)[c-]1cccc1.CC(C)(C)[c-]1cccc1.Oc1ccc(F)cc1.Oc1ccc(F)cc1.[Zr+2]. The van der Waals surface area contributed by atoms with Crippen molar-refractivity contribution in [3.8, 4) is 11.5 Å². The minimum absolute atomic E-state index is 0. The summed E-state index contributed by atoms with van der Waals surface area (Å²) in [5.74, 6) is -0.483. The van der Waals surface area contributed by atoms with Crippen LogP contribution >= 0.6 is 0 Å². The molecule has 4 aromatic carbocycles. The van der Waals surface area contributed by atoms with E-state index in [1.165, 1.54) is 59.7 Å². The number of rotatable bonds is 0. The van der Waals surface area contributed by atoms with Crippen LogP contribution in [0.5, 0.6) is 11.5 Å². The van der Waals surface area contributed by atoms with Crippen molar-refractivity contribution < 1.29 is 45.2 Å². The summed E-state index contributed by atoms with van der Waals surface area (Å²) in [6.45, 7) is 13.3. The summed E-state index contributed by atoms with van der Waals surface area (Å²) < 4.78 is 24.0. The van der Waals surface area contributed by atoms with Gasteiger partial charge in [-0.2, -0.15) is 35.4 Å². The van der Waals surface area contributed by atoms with E-state index in [-0.39, 0.29) is 49.3 Å². The number of phenolic OH excluding ortho intramolecular Hbond substituents is 2. The third-order valence-corrected chi connectivity index (χ3v) is 4.71. The van der Waals surface area contributed by atoms with Crippen molar-refractivity contribution >= 4 is 0 Å². The van der Waals surface area contributed by atoms with Gasteiger partial charge in [0.2, 0.25) is 0 Å². The maximum Gasteiger partial charge on any atom is 2.00 e. The van der Waals surface area contributed by atoms with Crippen molar-refractivity contribution in [1.29, 1.82) is 0 Å². The third kappa shape index (κ3) is 14.5. The molecular weight excluding hydrogens is 522 g/mol. The predicted octanol–water partition coefficient (Wildman–Crippen LogP) is 8.47. The van der Waals surface area contributed by atoms with Crippen molar-refractivity contribution in [1.82, 2.24) is 0 Å². The Labute approximate surface area is 228 Å². The molecule has 0 aromatic heterocycles. The van der Waals surface area contributed by atoms with Gasteiger partial charge < -0.3 is 10.2 Å². The fourth-order valence-corrected chi connectivity index (χ4v) is 2.63. The van der Waals surface area contributed by atoms with Crippen LogP contribution < -0.4 is 0 Å². The fraction of sp³-hybridized carbons (Fsp3) is 0.267. The van der Waals surface area contributed by atoms with E-state index in [2.05, 4.69) is 90.1 Å². The number of hydrogen-bond donors (Lipinski definition) is 2. The van der Waals surface area contributed by atoms with Crippen LogP contribution in [0.1, 0.15) is 52.7 Å². The Morgan fingerprint density at radius 3 is 0.886 bits per heavy atom. The van der Waals surface area contributed by atoms with E-state index < -0.39 is 0 Å². The Kier molecular flexibility index (Phi) is 14.4. The number of halogens is 2. The van der Waals surface area contributed by atoms with Crippen molar-refractivity contribution in [2.75, 3.05) is 0 Å². The summed E-state index contributed by atoms with van der Waals surface area (Å²) >= 11 is 0. The van der Waals surface area contributed by atoms with E-state index in [9.17, 15) is 8.78 Å². The Morgan fingerprint density at radius 1 is 0.514 bits per heavy atom. The average molecular weight is 558 g/mol. The Balaban J connectivity index is 0.000000437. The molecule has 35 heavy (non-hydrogen) atoms. The van der Waals surface area contributed by atoms with Crippen LogP contribution in [0, 0.1) is 11.6 Å². The normalized spacial score (nSPS) is 10.3. The Morgan fingerprint density at radius 2 is 0.743 bits per heavy atom. The minimum atomic E-state index is -0.331. The molecule has 0 heterocycles. The fourth-order valence-electron chi connectivity index (χ4n) is 2.63. The molecule has 0 fully saturated rings. The zero-order valence-corrected chi connectivity index (χ0v) is 23.8. The van der Waals surface area contributed by atoms with E-state index in [4.69, 9.17) is 10.2 Å². The molecule has 0 saturated carbocycles. The molecule has 2 nitrogen and oxygen atoms in total. The molecule has 2 N–H and O–H groups in total. The molecule has 0 atom stereocenters. The molecule has 0 aliphatic carbocycles. The van der Waals surface area contributed by atoms with Crippen LogP contribution in [0.4, 0.5) is 8.78 Å². The first-order chi connectivity index (χ1) is 15.8. The zero-order valence-electron chi connectivity index (χ0n) is 21.4. The first kappa shape index (κ1) is 32.5. The molecule has 4 aromatic rings. The Hall–Kier alpha value is -2.52. The second kappa shape index (κ2) is 15.5. The van der Waals surface area contributed by atoms with E-state index >= 15 is 0 Å². The average Bonchev–Trinajstić information content (AvgIpc) is 3.47. The molecule has 0 bridgehead atoms. The van der Waals surface area contributed by atoms with Gasteiger partial charge in [-0.1, -0.05) is 52.4 Å². The van der Waals surface area contributed by atoms with Crippen LogP contribution in [-0.4, -0.2) is 10.2 Å². The van der Waals surface area contributed by atoms with E-state index in [1.807, 2.05) is 0 Å². The molecule has 0 aliphatic heterocycles. The zero-order chi connectivity index (χ0) is 25.8. The number of hydrogen-bond acceptors (Lipinski definition) is 2. The van der Waals surface area contributed by atoms with Gasteiger partial charge in [-0.3, -0.25) is 0 Å². The molecular formula is C30H36F2O2Zr. The van der Waals surface area contributed by atoms with E-state index in [1.54, 1.807) is 0 Å². The first-order valence-electron chi connectivity index (χ1n) is 11.1. The molecule has 0 spiro atoms. The van der Waals surface area contributed by atoms with Crippen LogP contribution in [0.25, 0.3) is 0 Å². The standard InChI is InChI=1S/2C9H13.2C6H5FO.Zr/c2*1-9(2,3)8-6-4-5-7-8;2*7-5-1-3-6(8)4-2-5;/h2*4-7H,1-3H3;2*1-4,8H;/q2*-1;;;+2. The third-order valence-electron chi connectivity index (χ3n) is 4.71. The van der Waals surface area contributed by atoms with Crippen molar-refractivity contribution in [2.45, 2.75) is 52.4 Å². The molecule has 0 saturated heterocycles. The molecule has 5 heteroatoms. The number of aromatic hydroxyl groups is 2. The van der Waals surface area contributed by atoms with Gasteiger partial charge in [-0.25, -0.2) is 33.0 Å². The summed E-state index contributed by atoms with van der Waals surface area (Å²) in [4.78, 5) is 0. The second-order valence-corrected chi connectivity index (χ2v) is 9.80. The summed E-state index contributed by atoms with van der Waals surface area (Å²) in [7, 11) is 0. The van der Waals surface area contributed by atoms with Gasteiger partial charge in [-0.15, -0.1) is 0 Å². The Bertz CT molecular complexity index is 894. The van der Waals surface area contributed by atoms with Gasteiger partial charge in [0, 0.05) is 0 Å².